The number of carbonyl (C=O) groups excluding carboxylic acids is 1. The first-order valence-electron chi connectivity index (χ1n) is 9.69. The van der Waals surface area contributed by atoms with Gasteiger partial charge < -0.3 is 15.2 Å². The van der Waals surface area contributed by atoms with Crippen LogP contribution in [0, 0.1) is 20.8 Å². The summed E-state index contributed by atoms with van der Waals surface area (Å²) >= 11 is 0. The van der Waals surface area contributed by atoms with Gasteiger partial charge in [-0.1, -0.05) is 6.07 Å². The Labute approximate surface area is 166 Å². The number of ether oxygens (including phenoxy) is 1. The zero-order valence-corrected chi connectivity index (χ0v) is 17.2. The second kappa shape index (κ2) is 8.32. The van der Waals surface area contributed by atoms with E-state index in [2.05, 4.69) is 17.3 Å². The molecule has 1 saturated heterocycles. The molecule has 1 aromatic carbocycles. The summed E-state index contributed by atoms with van der Waals surface area (Å²) in [6, 6.07) is 5.94. The van der Waals surface area contributed by atoms with Crippen molar-refractivity contribution < 1.29 is 14.6 Å². The predicted octanol–water partition coefficient (Wildman–Crippen LogP) is 2.19. The van der Waals surface area contributed by atoms with Crippen LogP contribution in [0.15, 0.2) is 24.4 Å². The average Bonchev–Trinajstić information content (AvgIpc) is 2.95. The molecule has 0 saturated carbocycles. The first kappa shape index (κ1) is 20.4. The van der Waals surface area contributed by atoms with Crippen LogP contribution < -0.4 is 10.1 Å². The highest BCUT2D eigenvalue weighted by atomic mass is 16.5. The SMILES string of the molecule is Cc1ccc(OC[C@@]2(O)CCCN(CC(=O)Nc3cnn(C)c3C)C2)cc1C. The third kappa shape index (κ3) is 4.91. The van der Waals surface area contributed by atoms with E-state index in [0.29, 0.717) is 13.0 Å². The molecule has 2 heterocycles. The number of β-amino-alcohol motifs (C(OH)–C–C–N with tert-alkyl or cyclic N) is 1. The van der Waals surface area contributed by atoms with Crippen molar-refractivity contribution in [2.24, 2.45) is 7.05 Å². The smallest absolute Gasteiger partial charge is 0.238 e. The van der Waals surface area contributed by atoms with Crippen LogP contribution in [0.3, 0.4) is 0 Å². The van der Waals surface area contributed by atoms with E-state index >= 15 is 0 Å². The van der Waals surface area contributed by atoms with Crippen LogP contribution in [0.1, 0.15) is 29.7 Å². The van der Waals surface area contributed by atoms with Crippen molar-refractivity contribution in [3.05, 3.63) is 41.2 Å². The number of benzene rings is 1. The minimum Gasteiger partial charge on any atom is -0.491 e. The van der Waals surface area contributed by atoms with Gasteiger partial charge in [0.15, 0.2) is 0 Å². The Hall–Kier alpha value is -2.38. The molecule has 0 bridgehead atoms. The highest BCUT2D eigenvalue weighted by Crippen LogP contribution is 2.24. The number of likely N-dealkylation sites (tertiary alicyclic amines) is 1. The number of anilines is 1. The number of piperidine rings is 1. The zero-order valence-electron chi connectivity index (χ0n) is 17.2. The van der Waals surface area contributed by atoms with Crippen molar-refractivity contribution in [3.8, 4) is 5.75 Å². The molecule has 1 amide bonds. The van der Waals surface area contributed by atoms with Gasteiger partial charge >= 0.3 is 0 Å². The quantitative estimate of drug-likeness (QED) is 0.796. The normalized spacial score (nSPS) is 20.2. The van der Waals surface area contributed by atoms with Crippen LogP contribution in [-0.4, -0.2) is 57.5 Å². The van der Waals surface area contributed by atoms with E-state index in [4.69, 9.17) is 4.74 Å². The monoisotopic (exact) mass is 386 g/mol. The van der Waals surface area contributed by atoms with Gasteiger partial charge in [0.05, 0.1) is 24.1 Å². The Morgan fingerprint density at radius 3 is 2.79 bits per heavy atom. The highest BCUT2D eigenvalue weighted by molar-refractivity contribution is 5.92. The van der Waals surface area contributed by atoms with Crippen LogP contribution >= 0.6 is 0 Å². The molecular formula is C21H30N4O3. The lowest BCUT2D eigenvalue weighted by molar-refractivity contribution is -0.119. The molecule has 0 spiro atoms. The maximum Gasteiger partial charge on any atom is 0.238 e. The molecule has 0 unspecified atom stereocenters. The van der Waals surface area contributed by atoms with Gasteiger partial charge in [-0.2, -0.15) is 5.10 Å². The summed E-state index contributed by atoms with van der Waals surface area (Å²) < 4.78 is 7.59. The Bertz CT molecular complexity index is 848. The molecule has 1 aliphatic heterocycles. The van der Waals surface area contributed by atoms with Crippen molar-refractivity contribution in [2.75, 3.05) is 31.6 Å². The number of amides is 1. The van der Waals surface area contributed by atoms with Gasteiger partial charge in [-0.15, -0.1) is 0 Å². The minimum atomic E-state index is -0.957. The summed E-state index contributed by atoms with van der Waals surface area (Å²) in [4.78, 5) is 14.4. The number of carbonyl (C=O) groups is 1. The summed E-state index contributed by atoms with van der Waals surface area (Å²) in [5.41, 5.74) is 3.05. The number of aryl methyl sites for hydroxylation is 3. The molecule has 2 N–H and O–H groups in total. The summed E-state index contributed by atoms with van der Waals surface area (Å²) in [5, 5.41) is 18.0. The first-order chi connectivity index (χ1) is 13.3. The zero-order chi connectivity index (χ0) is 20.3. The van der Waals surface area contributed by atoms with Gasteiger partial charge in [0, 0.05) is 13.6 Å². The van der Waals surface area contributed by atoms with Gasteiger partial charge in [0.2, 0.25) is 5.91 Å². The maximum atomic E-state index is 12.4. The molecule has 1 fully saturated rings. The molecule has 1 aliphatic rings. The summed E-state index contributed by atoms with van der Waals surface area (Å²) in [7, 11) is 1.84. The summed E-state index contributed by atoms with van der Waals surface area (Å²) in [6.07, 6.45) is 3.14. The Morgan fingerprint density at radius 1 is 1.32 bits per heavy atom. The molecule has 2 aromatic rings. The van der Waals surface area contributed by atoms with Gasteiger partial charge in [-0.05, 0) is 63.4 Å². The molecular weight excluding hydrogens is 356 g/mol. The topological polar surface area (TPSA) is 79.6 Å². The van der Waals surface area contributed by atoms with Crippen LogP contribution in [0.25, 0.3) is 0 Å². The second-order valence-electron chi connectivity index (χ2n) is 7.89. The summed E-state index contributed by atoms with van der Waals surface area (Å²) in [5.74, 6) is 0.661. The minimum absolute atomic E-state index is 0.101. The standard InChI is InChI=1S/C21H30N4O3/c1-15-6-7-18(10-16(15)2)28-14-21(27)8-5-9-25(13-21)12-20(26)23-19-11-22-24(4)17(19)3/h6-7,10-11,27H,5,8-9,12-14H2,1-4H3,(H,23,26)/t21-/m1/s1. The summed E-state index contributed by atoms with van der Waals surface area (Å²) in [6.45, 7) is 7.66. The van der Waals surface area contributed by atoms with Crippen molar-refractivity contribution in [2.45, 2.75) is 39.2 Å². The molecule has 1 atom stereocenters. The fraction of sp³-hybridized carbons (Fsp3) is 0.524. The Morgan fingerprint density at radius 2 is 2.11 bits per heavy atom. The molecule has 3 rings (SSSR count). The number of nitrogens with one attached hydrogen (secondary N) is 1. The molecule has 1 aromatic heterocycles. The number of aromatic nitrogens is 2. The fourth-order valence-electron chi connectivity index (χ4n) is 3.49. The lowest BCUT2D eigenvalue weighted by Crippen LogP contribution is -2.53. The molecule has 0 radical (unpaired) electrons. The number of hydrogen-bond donors (Lipinski definition) is 2. The van der Waals surface area contributed by atoms with Gasteiger partial charge in [-0.25, -0.2) is 0 Å². The van der Waals surface area contributed by atoms with Crippen molar-refractivity contribution in [1.29, 1.82) is 0 Å². The molecule has 28 heavy (non-hydrogen) atoms. The van der Waals surface area contributed by atoms with Gasteiger partial charge in [0.25, 0.3) is 0 Å². The van der Waals surface area contributed by atoms with E-state index in [1.54, 1.807) is 10.9 Å². The van der Waals surface area contributed by atoms with E-state index < -0.39 is 5.60 Å². The lowest BCUT2D eigenvalue weighted by Gasteiger charge is -2.38. The van der Waals surface area contributed by atoms with E-state index in [1.165, 1.54) is 5.56 Å². The van der Waals surface area contributed by atoms with Crippen LogP contribution in [-0.2, 0) is 11.8 Å². The van der Waals surface area contributed by atoms with Crippen molar-refractivity contribution >= 4 is 11.6 Å². The number of aliphatic hydroxyl groups is 1. The van der Waals surface area contributed by atoms with Crippen LogP contribution in [0.4, 0.5) is 5.69 Å². The maximum absolute atomic E-state index is 12.4. The Balaban J connectivity index is 1.54. The fourth-order valence-corrected chi connectivity index (χ4v) is 3.49. The Kier molecular flexibility index (Phi) is 6.05. The van der Waals surface area contributed by atoms with Gasteiger partial charge in [-0.3, -0.25) is 14.4 Å². The van der Waals surface area contributed by atoms with E-state index in [-0.39, 0.29) is 19.1 Å². The van der Waals surface area contributed by atoms with E-state index in [0.717, 1.165) is 35.7 Å². The predicted molar refractivity (Wildman–Crippen MR) is 109 cm³/mol. The van der Waals surface area contributed by atoms with Gasteiger partial charge in [0.1, 0.15) is 18.0 Å². The molecule has 7 heteroatoms. The molecule has 7 nitrogen and oxygen atoms in total. The molecule has 152 valence electrons. The van der Waals surface area contributed by atoms with Crippen molar-refractivity contribution in [3.63, 3.8) is 0 Å². The number of rotatable bonds is 6. The average molecular weight is 386 g/mol. The number of hydrogen-bond acceptors (Lipinski definition) is 5. The van der Waals surface area contributed by atoms with Crippen molar-refractivity contribution in [1.82, 2.24) is 14.7 Å². The first-order valence-corrected chi connectivity index (χ1v) is 9.69. The second-order valence-corrected chi connectivity index (χ2v) is 7.89. The third-order valence-corrected chi connectivity index (χ3v) is 5.50. The largest absolute Gasteiger partial charge is 0.491 e. The van der Waals surface area contributed by atoms with E-state index in [9.17, 15) is 9.90 Å². The number of nitrogens with zero attached hydrogens (tertiary/aromatic N) is 3. The van der Waals surface area contributed by atoms with E-state index in [1.807, 2.05) is 44.0 Å². The highest BCUT2D eigenvalue weighted by Gasteiger charge is 2.34. The molecule has 0 aliphatic carbocycles. The lowest BCUT2D eigenvalue weighted by atomic mass is 9.93. The third-order valence-electron chi connectivity index (χ3n) is 5.50. The van der Waals surface area contributed by atoms with Crippen LogP contribution in [0.2, 0.25) is 0 Å². The van der Waals surface area contributed by atoms with Crippen LogP contribution in [0.5, 0.6) is 5.75 Å².